The Morgan fingerprint density at radius 1 is 1.19 bits per heavy atom. The number of fused-ring (bicyclic) bond motifs is 1. The lowest BCUT2D eigenvalue weighted by Crippen LogP contribution is -2.23. The predicted octanol–water partition coefficient (Wildman–Crippen LogP) is 2.24. The van der Waals surface area contributed by atoms with E-state index < -0.39 is 0 Å². The summed E-state index contributed by atoms with van der Waals surface area (Å²) >= 11 is 0. The molecule has 3 rings (SSSR count). The van der Waals surface area contributed by atoms with Crippen molar-refractivity contribution in [3.05, 3.63) is 71.5 Å². The zero-order valence-electron chi connectivity index (χ0n) is 14.7. The molecule has 0 fully saturated rings. The van der Waals surface area contributed by atoms with Gasteiger partial charge in [-0.15, -0.1) is 0 Å². The van der Waals surface area contributed by atoms with Gasteiger partial charge in [0, 0.05) is 25.0 Å². The molecule has 2 aromatic heterocycles. The topological polar surface area (TPSA) is 86.1 Å². The SMILES string of the molecule is O=C(C=Cn1cnc2ccccc2c1=O)NCCCCOc1cccnc1. The van der Waals surface area contributed by atoms with Gasteiger partial charge in [0.15, 0.2) is 0 Å². The number of carbonyl (C=O) groups excluding carboxylic acids is 1. The average Bonchev–Trinajstić information content (AvgIpc) is 2.71. The minimum atomic E-state index is -0.261. The summed E-state index contributed by atoms with van der Waals surface area (Å²) in [5.74, 6) is 0.474. The van der Waals surface area contributed by atoms with Crippen LogP contribution in [0.4, 0.5) is 0 Å². The summed E-state index contributed by atoms with van der Waals surface area (Å²) in [6.07, 6.45) is 9.11. The molecule has 7 heteroatoms. The highest BCUT2D eigenvalue weighted by Gasteiger charge is 2.01. The number of para-hydroxylation sites is 1. The molecule has 1 N–H and O–H groups in total. The molecule has 3 aromatic rings. The Balaban J connectivity index is 1.41. The van der Waals surface area contributed by atoms with E-state index in [-0.39, 0.29) is 11.5 Å². The summed E-state index contributed by atoms with van der Waals surface area (Å²) in [5.41, 5.74) is 0.419. The lowest BCUT2D eigenvalue weighted by atomic mass is 10.2. The van der Waals surface area contributed by atoms with Gasteiger partial charge in [-0.2, -0.15) is 0 Å². The second-order valence-corrected chi connectivity index (χ2v) is 5.83. The van der Waals surface area contributed by atoms with E-state index in [0.29, 0.717) is 24.1 Å². The summed E-state index contributed by atoms with van der Waals surface area (Å²) in [6, 6.07) is 10.8. The molecule has 0 unspecified atom stereocenters. The summed E-state index contributed by atoms with van der Waals surface area (Å²) in [4.78, 5) is 32.4. The van der Waals surface area contributed by atoms with Gasteiger partial charge in [0.05, 0.1) is 23.7 Å². The van der Waals surface area contributed by atoms with Gasteiger partial charge in [-0.3, -0.25) is 19.1 Å². The first-order valence-electron chi connectivity index (χ1n) is 8.69. The number of nitrogens with one attached hydrogen (secondary N) is 1. The van der Waals surface area contributed by atoms with Crippen molar-refractivity contribution in [3.8, 4) is 5.75 Å². The van der Waals surface area contributed by atoms with Gasteiger partial charge >= 0.3 is 0 Å². The molecule has 0 aliphatic rings. The first-order valence-corrected chi connectivity index (χ1v) is 8.69. The van der Waals surface area contributed by atoms with Gasteiger partial charge in [-0.05, 0) is 37.1 Å². The number of hydrogen-bond donors (Lipinski definition) is 1. The van der Waals surface area contributed by atoms with Crippen LogP contribution in [-0.2, 0) is 4.79 Å². The monoisotopic (exact) mass is 364 g/mol. The minimum Gasteiger partial charge on any atom is -0.492 e. The molecule has 138 valence electrons. The van der Waals surface area contributed by atoms with Crippen LogP contribution in [0.3, 0.4) is 0 Å². The van der Waals surface area contributed by atoms with Crippen LogP contribution < -0.4 is 15.6 Å². The van der Waals surface area contributed by atoms with Crippen molar-refractivity contribution in [2.75, 3.05) is 13.2 Å². The fraction of sp³-hybridized carbons (Fsp3) is 0.200. The van der Waals surface area contributed by atoms with Gasteiger partial charge in [-0.1, -0.05) is 12.1 Å². The number of nitrogens with zero attached hydrogens (tertiary/aromatic N) is 3. The van der Waals surface area contributed by atoms with Crippen molar-refractivity contribution in [1.29, 1.82) is 0 Å². The molecule has 0 radical (unpaired) electrons. The molecule has 2 heterocycles. The highest BCUT2D eigenvalue weighted by atomic mass is 16.5. The highest BCUT2D eigenvalue weighted by Crippen LogP contribution is 2.06. The molecule has 0 saturated heterocycles. The highest BCUT2D eigenvalue weighted by molar-refractivity contribution is 5.90. The third-order valence-electron chi connectivity index (χ3n) is 3.85. The first kappa shape index (κ1) is 18.3. The molecule has 7 nitrogen and oxygen atoms in total. The largest absolute Gasteiger partial charge is 0.492 e. The number of benzene rings is 1. The Labute approximate surface area is 156 Å². The number of amides is 1. The summed E-state index contributed by atoms with van der Waals surface area (Å²) < 4.78 is 6.83. The maximum atomic E-state index is 12.3. The maximum absolute atomic E-state index is 12.3. The van der Waals surface area contributed by atoms with Gasteiger partial charge in [0.2, 0.25) is 5.91 Å². The van der Waals surface area contributed by atoms with Gasteiger partial charge in [0.25, 0.3) is 5.56 Å². The quantitative estimate of drug-likeness (QED) is 0.489. The van der Waals surface area contributed by atoms with E-state index in [9.17, 15) is 9.59 Å². The number of unbranched alkanes of at least 4 members (excludes halogenated alkanes) is 1. The van der Waals surface area contributed by atoms with Crippen molar-refractivity contribution < 1.29 is 9.53 Å². The number of aromatic nitrogens is 3. The molecular formula is C20H20N4O3. The van der Waals surface area contributed by atoms with Crippen LogP contribution in [0.2, 0.25) is 0 Å². The lowest BCUT2D eigenvalue weighted by molar-refractivity contribution is -0.116. The molecule has 0 aliphatic carbocycles. The summed E-state index contributed by atoms with van der Waals surface area (Å²) in [7, 11) is 0. The third-order valence-corrected chi connectivity index (χ3v) is 3.85. The molecule has 27 heavy (non-hydrogen) atoms. The molecule has 0 bridgehead atoms. The Bertz CT molecular complexity index is 983. The van der Waals surface area contributed by atoms with Crippen molar-refractivity contribution >= 4 is 23.0 Å². The Hall–Kier alpha value is -3.48. The molecular weight excluding hydrogens is 344 g/mol. The van der Waals surface area contributed by atoms with Crippen LogP contribution in [-0.4, -0.2) is 33.6 Å². The van der Waals surface area contributed by atoms with Crippen LogP contribution in [0.15, 0.2) is 66.0 Å². The van der Waals surface area contributed by atoms with Gasteiger partial charge in [0.1, 0.15) is 12.1 Å². The third kappa shape index (κ3) is 5.24. The maximum Gasteiger partial charge on any atom is 0.265 e. The second kappa shape index (κ2) is 9.28. The first-order chi connectivity index (χ1) is 13.2. The van der Waals surface area contributed by atoms with E-state index in [1.807, 2.05) is 18.2 Å². The number of carbonyl (C=O) groups is 1. The van der Waals surface area contributed by atoms with Crippen LogP contribution in [0.5, 0.6) is 5.75 Å². The van der Waals surface area contributed by atoms with Crippen LogP contribution in [0.1, 0.15) is 12.8 Å². The minimum absolute atomic E-state index is 0.211. The number of pyridine rings is 1. The zero-order valence-corrected chi connectivity index (χ0v) is 14.7. The van der Waals surface area contributed by atoms with Crippen LogP contribution >= 0.6 is 0 Å². The smallest absolute Gasteiger partial charge is 0.265 e. The molecule has 1 aromatic carbocycles. The molecule has 0 saturated carbocycles. The van der Waals surface area contributed by atoms with E-state index in [0.717, 1.165) is 18.6 Å². The summed E-state index contributed by atoms with van der Waals surface area (Å²) in [6.45, 7) is 1.10. The Kier molecular flexibility index (Phi) is 6.30. The van der Waals surface area contributed by atoms with E-state index in [4.69, 9.17) is 4.74 Å². The Morgan fingerprint density at radius 2 is 2.07 bits per heavy atom. The Morgan fingerprint density at radius 3 is 2.93 bits per heavy atom. The van der Waals surface area contributed by atoms with Crippen molar-refractivity contribution in [2.24, 2.45) is 0 Å². The number of ether oxygens (including phenoxy) is 1. The molecule has 0 spiro atoms. The number of rotatable bonds is 8. The normalized spacial score (nSPS) is 11.0. The second-order valence-electron chi connectivity index (χ2n) is 5.83. The van der Waals surface area contributed by atoms with E-state index >= 15 is 0 Å². The lowest BCUT2D eigenvalue weighted by Gasteiger charge is -2.05. The van der Waals surface area contributed by atoms with E-state index in [1.54, 1.807) is 30.6 Å². The van der Waals surface area contributed by atoms with Crippen molar-refractivity contribution in [2.45, 2.75) is 12.8 Å². The van der Waals surface area contributed by atoms with Gasteiger partial charge in [-0.25, -0.2) is 4.98 Å². The van der Waals surface area contributed by atoms with Crippen LogP contribution in [0.25, 0.3) is 17.1 Å². The average molecular weight is 364 g/mol. The molecule has 0 atom stereocenters. The van der Waals surface area contributed by atoms with E-state index in [1.165, 1.54) is 23.2 Å². The van der Waals surface area contributed by atoms with Crippen molar-refractivity contribution in [1.82, 2.24) is 19.9 Å². The number of hydrogen-bond acceptors (Lipinski definition) is 5. The molecule has 0 aliphatic heterocycles. The fourth-order valence-corrected chi connectivity index (χ4v) is 2.46. The standard InChI is InChI=1S/C20H20N4O3/c25-19(22-11-3-4-13-27-16-6-5-10-21-14-16)9-12-24-15-23-18-8-2-1-7-17(18)20(24)26/h1-2,5-10,12,14-15H,3-4,11,13H2,(H,22,25). The van der Waals surface area contributed by atoms with Crippen LogP contribution in [0, 0.1) is 0 Å². The predicted molar refractivity (Wildman–Crippen MR) is 103 cm³/mol. The van der Waals surface area contributed by atoms with Gasteiger partial charge < -0.3 is 10.1 Å². The zero-order chi connectivity index (χ0) is 18.9. The summed E-state index contributed by atoms with van der Waals surface area (Å²) in [5, 5.41) is 3.29. The molecule has 1 amide bonds. The van der Waals surface area contributed by atoms with E-state index in [2.05, 4.69) is 15.3 Å². The fourth-order valence-electron chi connectivity index (χ4n) is 2.46. The van der Waals surface area contributed by atoms with Crippen molar-refractivity contribution in [3.63, 3.8) is 0 Å².